The third-order valence-electron chi connectivity index (χ3n) is 7.18. The number of nitrogens with one attached hydrogen (secondary N) is 2. The third-order valence-corrected chi connectivity index (χ3v) is 7.18. The van der Waals surface area contributed by atoms with E-state index in [1.54, 1.807) is 18.5 Å². The maximum absolute atomic E-state index is 12.8. The Hall–Kier alpha value is -4.72. The van der Waals surface area contributed by atoms with E-state index in [-0.39, 0.29) is 11.8 Å². The number of carbonyl (C=O) groups excluding carboxylic acids is 1. The highest BCUT2D eigenvalue weighted by atomic mass is 16.1. The fraction of sp³-hybridized carbons (Fsp3) is 0.273. The standard InChI is InChI=1S/C28H29N7O.C5H10/c1-4-18-10-12-30-23(17(18)3)28(36)32-13-11-19(5-2)27-34-24(25-26(29)31-14-15-35(25)27)22-16-20-8-6-7-9-21(20)33-22;1-3-5-4-2/h4,6-10,12,14-16,19,33H,1,5,11,13H2,2-3H3,(H2,29,31)(H,32,36);3,5H,4H2,1-2H3/b;5-3-. The SMILES string of the molecule is C/C=C\CC.C=Cc1ccnc(C(=O)NCCC(CC)c2nc(-c3cc4ccccc4[nH]3)c3c(N)nccn23)c1C. The number of aromatic nitrogens is 5. The number of allylic oxidation sites excluding steroid dienone is 2. The molecule has 4 aromatic heterocycles. The van der Waals surface area contributed by atoms with Crippen molar-refractivity contribution in [3.8, 4) is 11.4 Å². The Morgan fingerprint density at radius 2 is 2.00 bits per heavy atom. The van der Waals surface area contributed by atoms with Crippen LogP contribution in [0.4, 0.5) is 5.82 Å². The lowest BCUT2D eigenvalue weighted by Gasteiger charge is -2.15. The van der Waals surface area contributed by atoms with Crippen molar-refractivity contribution in [1.82, 2.24) is 29.7 Å². The van der Waals surface area contributed by atoms with Gasteiger partial charge in [-0.3, -0.25) is 14.2 Å². The molecule has 8 heteroatoms. The number of amides is 1. The second-order valence-corrected chi connectivity index (χ2v) is 9.82. The quantitative estimate of drug-likeness (QED) is 0.170. The van der Waals surface area contributed by atoms with Gasteiger partial charge in [-0.2, -0.15) is 0 Å². The first-order valence-electron chi connectivity index (χ1n) is 14.1. The minimum Gasteiger partial charge on any atom is -0.382 e. The maximum atomic E-state index is 12.8. The van der Waals surface area contributed by atoms with Gasteiger partial charge in [-0.05, 0) is 62.4 Å². The predicted octanol–water partition coefficient (Wildman–Crippen LogP) is 7.09. The molecule has 0 spiro atoms. The number of carbonyl (C=O) groups is 1. The van der Waals surface area contributed by atoms with Crippen LogP contribution in [0.1, 0.15) is 73.4 Å². The molecular formula is C33H39N7O. The number of hydrogen-bond acceptors (Lipinski definition) is 5. The Morgan fingerprint density at radius 1 is 1.20 bits per heavy atom. The Bertz CT molecular complexity index is 1650. The summed E-state index contributed by atoms with van der Waals surface area (Å²) in [5, 5.41) is 4.13. The number of para-hydroxylation sites is 1. The number of aromatic amines is 1. The van der Waals surface area contributed by atoms with E-state index < -0.39 is 0 Å². The fourth-order valence-corrected chi connectivity index (χ4v) is 4.96. The van der Waals surface area contributed by atoms with Crippen LogP contribution in [0, 0.1) is 6.92 Å². The molecule has 4 N–H and O–H groups in total. The van der Waals surface area contributed by atoms with Crippen molar-refractivity contribution in [2.75, 3.05) is 12.3 Å². The van der Waals surface area contributed by atoms with Crippen molar-refractivity contribution in [2.45, 2.75) is 52.9 Å². The lowest BCUT2D eigenvalue weighted by Crippen LogP contribution is -2.27. The minimum atomic E-state index is -0.189. The van der Waals surface area contributed by atoms with E-state index in [9.17, 15) is 4.79 Å². The van der Waals surface area contributed by atoms with E-state index >= 15 is 0 Å². The molecule has 0 aliphatic heterocycles. The molecule has 0 aliphatic carbocycles. The van der Waals surface area contributed by atoms with Gasteiger partial charge in [-0.1, -0.05) is 56.9 Å². The summed E-state index contributed by atoms with van der Waals surface area (Å²) in [4.78, 5) is 29.9. The number of imidazole rings is 1. The van der Waals surface area contributed by atoms with Gasteiger partial charge in [0, 0.05) is 42.0 Å². The molecule has 5 rings (SSSR count). The normalized spacial score (nSPS) is 11.9. The molecule has 8 nitrogen and oxygen atoms in total. The molecule has 0 radical (unpaired) electrons. The summed E-state index contributed by atoms with van der Waals surface area (Å²) in [7, 11) is 0. The Labute approximate surface area is 241 Å². The number of pyridine rings is 1. The topological polar surface area (TPSA) is 114 Å². The van der Waals surface area contributed by atoms with E-state index in [2.05, 4.69) is 65.0 Å². The molecule has 1 unspecified atom stereocenters. The van der Waals surface area contributed by atoms with E-state index in [0.717, 1.165) is 64.0 Å². The number of nitrogen functional groups attached to an aromatic ring is 1. The summed E-state index contributed by atoms with van der Waals surface area (Å²) in [5.41, 5.74) is 12.0. The molecule has 0 bridgehead atoms. The molecule has 41 heavy (non-hydrogen) atoms. The zero-order valence-corrected chi connectivity index (χ0v) is 24.3. The second-order valence-electron chi connectivity index (χ2n) is 9.82. The largest absolute Gasteiger partial charge is 0.382 e. The monoisotopic (exact) mass is 549 g/mol. The van der Waals surface area contributed by atoms with Crippen LogP contribution in [0.5, 0.6) is 0 Å². The van der Waals surface area contributed by atoms with Crippen molar-refractivity contribution in [1.29, 1.82) is 0 Å². The van der Waals surface area contributed by atoms with Crippen LogP contribution in [0.3, 0.4) is 0 Å². The molecular weight excluding hydrogens is 510 g/mol. The molecule has 1 amide bonds. The van der Waals surface area contributed by atoms with Gasteiger partial charge in [0.1, 0.15) is 28.5 Å². The number of nitrogens with zero attached hydrogens (tertiary/aromatic N) is 4. The average Bonchev–Trinajstić information content (AvgIpc) is 3.59. The summed E-state index contributed by atoms with van der Waals surface area (Å²) in [6, 6.07) is 12.1. The van der Waals surface area contributed by atoms with Crippen LogP contribution in [0.15, 0.2) is 73.7 Å². The number of rotatable bonds is 9. The molecule has 212 valence electrons. The van der Waals surface area contributed by atoms with Gasteiger partial charge >= 0.3 is 0 Å². The van der Waals surface area contributed by atoms with E-state index in [1.807, 2.05) is 48.7 Å². The summed E-state index contributed by atoms with van der Waals surface area (Å²) in [6.45, 7) is 12.5. The highest BCUT2D eigenvalue weighted by Crippen LogP contribution is 2.33. The van der Waals surface area contributed by atoms with E-state index in [1.165, 1.54) is 0 Å². The van der Waals surface area contributed by atoms with Crippen LogP contribution in [-0.2, 0) is 0 Å². The molecule has 0 fully saturated rings. The van der Waals surface area contributed by atoms with Crippen molar-refractivity contribution >= 4 is 34.2 Å². The Kier molecular flexibility index (Phi) is 9.68. The molecule has 0 saturated carbocycles. The van der Waals surface area contributed by atoms with Crippen molar-refractivity contribution in [3.05, 3.63) is 96.4 Å². The van der Waals surface area contributed by atoms with Crippen LogP contribution < -0.4 is 11.1 Å². The summed E-state index contributed by atoms with van der Waals surface area (Å²) < 4.78 is 2.03. The van der Waals surface area contributed by atoms with Crippen molar-refractivity contribution in [2.24, 2.45) is 0 Å². The van der Waals surface area contributed by atoms with E-state index in [4.69, 9.17) is 10.7 Å². The van der Waals surface area contributed by atoms with Crippen LogP contribution >= 0.6 is 0 Å². The van der Waals surface area contributed by atoms with Gasteiger partial charge in [0.05, 0.1) is 5.69 Å². The smallest absolute Gasteiger partial charge is 0.270 e. The van der Waals surface area contributed by atoms with Gasteiger partial charge in [-0.15, -0.1) is 0 Å². The van der Waals surface area contributed by atoms with Gasteiger partial charge in [0.15, 0.2) is 0 Å². The highest BCUT2D eigenvalue weighted by molar-refractivity contribution is 5.94. The van der Waals surface area contributed by atoms with Crippen molar-refractivity contribution in [3.63, 3.8) is 0 Å². The molecule has 0 saturated heterocycles. The molecule has 4 heterocycles. The lowest BCUT2D eigenvalue weighted by atomic mass is 10.0. The van der Waals surface area contributed by atoms with Gasteiger partial charge < -0.3 is 16.0 Å². The van der Waals surface area contributed by atoms with E-state index in [0.29, 0.717) is 18.1 Å². The maximum Gasteiger partial charge on any atom is 0.270 e. The zero-order valence-electron chi connectivity index (χ0n) is 24.3. The first kappa shape index (κ1) is 29.3. The number of nitrogens with two attached hydrogens (primary N) is 1. The number of anilines is 1. The van der Waals surface area contributed by atoms with Crippen molar-refractivity contribution < 1.29 is 4.79 Å². The first-order chi connectivity index (χ1) is 19.9. The number of hydrogen-bond donors (Lipinski definition) is 3. The van der Waals surface area contributed by atoms with Crippen LogP contribution in [0.25, 0.3) is 33.9 Å². The average molecular weight is 550 g/mol. The molecule has 5 aromatic rings. The van der Waals surface area contributed by atoms with Gasteiger partial charge in [0.2, 0.25) is 0 Å². The first-order valence-corrected chi connectivity index (χ1v) is 14.1. The predicted molar refractivity (Wildman–Crippen MR) is 169 cm³/mol. The number of benzene rings is 1. The minimum absolute atomic E-state index is 0.103. The summed E-state index contributed by atoms with van der Waals surface area (Å²) in [5.74, 6) is 1.24. The Balaban J connectivity index is 0.000000714. The molecule has 1 aromatic carbocycles. The number of H-pyrrole nitrogens is 1. The summed E-state index contributed by atoms with van der Waals surface area (Å²) in [6.07, 6.45) is 13.9. The van der Waals surface area contributed by atoms with Crippen LogP contribution in [-0.4, -0.2) is 36.8 Å². The fourth-order valence-electron chi connectivity index (χ4n) is 4.96. The van der Waals surface area contributed by atoms with Gasteiger partial charge in [-0.25, -0.2) is 9.97 Å². The second kappa shape index (κ2) is 13.6. The molecule has 0 aliphatic rings. The highest BCUT2D eigenvalue weighted by Gasteiger charge is 2.23. The molecule has 1 atom stereocenters. The number of fused-ring (bicyclic) bond motifs is 2. The van der Waals surface area contributed by atoms with Gasteiger partial charge in [0.25, 0.3) is 5.91 Å². The zero-order chi connectivity index (χ0) is 29.4. The Morgan fingerprint density at radius 3 is 2.68 bits per heavy atom. The third kappa shape index (κ3) is 6.38. The van der Waals surface area contributed by atoms with Crippen LogP contribution in [0.2, 0.25) is 0 Å². The summed E-state index contributed by atoms with van der Waals surface area (Å²) >= 11 is 0. The lowest BCUT2D eigenvalue weighted by molar-refractivity contribution is 0.0946.